The number of nitrogens with zero attached hydrogens (tertiary/aromatic N) is 1. The molecule has 170 valence electrons. The molecular formula is C23H28F4N2O2. The van der Waals surface area contributed by atoms with Gasteiger partial charge < -0.3 is 15.0 Å². The van der Waals surface area contributed by atoms with Crippen molar-refractivity contribution in [3.63, 3.8) is 0 Å². The molecule has 1 amide bonds. The van der Waals surface area contributed by atoms with E-state index in [9.17, 15) is 18.0 Å². The van der Waals surface area contributed by atoms with Crippen LogP contribution in [-0.2, 0) is 22.3 Å². The van der Waals surface area contributed by atoms with Crippen LogP contribution in [0.15, 0.2) is 18.2 Å². The van der Waals surface area contributed by atoms with Crippen molar-refractivity contribution in [1.29, 1.82) is 0 Å². The minimum atomic E-state index is -4.49. The molecule has 1 spiro atoms. The summed E-state index contributed by atoms with van der Waals surface area (Å²) < 4.78 is 60.4. The predicted molar refractivity (Wildman–Crippen MR) is 106 cm³/mol. The van der Waals surface area contributed by atoms with Gasteiger partial charge in [0.15, 0.2) is 0 Å². The summed E-state index contributed by atoms with van der Waals surface area (Å²) in [5.41, 5.74) is -0.869. The van der Waals surface area contributed by atoms with Crippen molar-refractivity contribution in [2.24, 2.45) is 11.3 Å². The first-order chi connectivity index (χ1) is 14.7. The standard InChI is InChI=1S/C23H28F4N2O2/c1-13-20-19(24)18-3-2-15(23(25,26)27)10-14(18)12-29(20)21(30)22(13)7-4-17(11-22)28-16-5-8-31-9-6-16/h2-3,10,13,16-17,19-20,28H,4-9,11-12H2,1H3/t13?,17-,19-,20?,22+/m1/s1. The minimum Gasteiger partial charge on any atom is -0.381 e. The Balaban J connectivity index is 1.38. The SMILES string of the molecule is CC1C2[C@H](F)c3ccc(C(F)(F)F)cc3CN2C(=O)[C@]12CC[C@@H](NC1CCOCC1)C2. The van der Waals surface area contributed by atoms with Crippen molar-refractivity contribution < 1.29 is 27.1 Å². The van der Waals surface area contributed by atoms with E-state index >= 15 is 4.39 Å². The largest absolute Gasteiger partial charge is 0.416 e. The van der Waals surface area contributed by atoms with Gasteiger partial charge in [-0.05, 0) is 61.3 Å². The van der Waals surface area contributed by atoms with E-state index in [0.717, 1.165) is 44.6 Å². The molecule has 1 N–H and O–H groups in total. The normalized spacial score (nSPS) is 36.2. The maximum absolute atomic E-state index is 15.6. The fourth-order valence-corrected chi connectivity index (χ4v) is 6.38. The van der Waals surface area contributed by atoms with E-state index in [0.29, 0.717) is 24.4 Å². The summed E-state index contributed by atoms with van der Waals surface area (Å²) in [6.07, 6.45) is -1.85. The molecule has 4 aliphatic rings. The Morgan fingerprint density at radius 1 is 1.16 bits per heavy atom. The van der Waals surface area contributed by atoms with Crippen LogP contribution in [-0.4, -0.2) is 42.1 Å². The summed E-state index contributed by atoms with van der Waals surface area (Å²) in [4.78, 5) is 15.1. The van der Waals surface area contributed by atoms with Gasteiger partial charge >= 0.3 is 6.18 Å². The number of nitrogens with one attached hydrogen (secondary N) is 1. The Hall–Kier alpha value is -1.67. The summed E-state index contributed by atoms with van der Waals surface area (Å²) in [6, 6.07) is 3.17. The average molecular weight is 440 g/mol. The van der Waals surface area contributed by atoms with Crippen LogP contribution in [0.3, 0.4) is 0 Å². The molecule has 1 aromatic rings. The first-order valence-corrected chi connectivity index (χ1v) is 11.2. The van der Waals surface area contributed by atoms with Crippen molar-refractivity contribution in [2.45, 2.75) is 76.0 Å². The van der Waals surface area contributed by atoms with Crippen LogP contribution in [0, 0.1) is 11.3 Å². The first-order valence-electron chi connectivity index (χ1n) is 11.2. The molecule has 1 aliphatic carbocycles. The molecule has 3 fully saturated rings. The lowest BCUT2D eigenvalue weighted by Crippen LogP contribution is -2.42. The van der Waals surface area contributed by atoms with Gasteiger partial charge in [0.25, 0.3) is 0 Å². The van der Waals surface area contributed by atoms with Crippen LogP contribution in [0.4, 0.5) is 17.6 Å². The van der Waals surface area contributed by atoms with E-state index in [2.05, 4.69) is 5.32 Å². The van der Waals surface area contributed by atoms with Crippen molar-refractivity contribution in [2.75, 3.05) is 13.2 Å². The number of carbonyl (C=O) groups excluding carboxylic acids is 1. The van der Waals surface area contributed by atoms with Gasteiger partial charge in [-0.2, -0.15) is 13.2 Å². The zero-order valence-electron chi connectivity index (χ0n) is 17.6. The van der Waals surface area contributed by atoms with Gasteiger partial charge in [0.2, 0.25) is 5.91 Å². The highest BCUT2D eigenvalue weighted by molar-refractivity contribution is 5.87. The fourth-order valence-electron chi connectivity index (χ4n) is 6.38. The zero-order chi connectivity index (χ0) is 22.0. The molecule has 3 heterocycles. The van der Waals surface area contributed by atoms with Crippen LogP contribution in [0.25, 0.3) is 0 Å². The number of amides is 1. The first kappa shape index (κ1) is 21.2. The van der Waals surface area contributed by atoms with Gasteiger partial charge in [-0.25, -0.2) is 4.39 Å². The number of rotatable bonds is 2. The Morgan fingerprint density at radius 3 is 2.61 bits per heavy atom. The van der Waals surface area contributed by atoms with E-state index in [-0.39, 0.29) is 30.0 Å². The molecule has 0 aromatic heterocycles. The topological polar surface area (TPSA) is 41.6 Å². The number of fused-ring (bicyclic) bond motifs is 2. The van der Waals surface area contributed by atoms with E-state index in [1.807, 2.05) is 6.92 Å². The molecule has 4 nitrogen and oxygen atoms in total. The molecule has 5 atom stereocenters. The van der Waals surface area contributed by atoms with Crippen LogP contribution < -0.4 is 5.32 Å². The smallest absolute Gasteiger partial charge is 0.381 e. The minimum absolute atomic E-state index is 0.0489. The zero-order valence-corrected chi connectivity index (χ0v) is 17.6. The molecule has 31 heavy (non-hydrogen) atoms. The third-order valence-corrected chi connectivity index (χ3v) is 8.08. The monoisotopic (exact) mass is 440 g/mol. The maximum atomic E-state index is 15.6. The molecule has 0 bridgehead atoms. The van der Waals surface area contributed by atoms with Crippen molar-refractivity contribution in [3.05, 3.63) is 34.9 Å². The molecule has 2 saturated heterocycles. The van der Waals surface area contributed by atoms with Crippen molar-refractivity contribution >= 4 is 5.91 Å². The Bertz CT molecular complexity index is 870. The third kappa shape index (κ3) is 3.37. The van der Waals surface area contributed by atoms with E-state index in [1.54, 1.807) is 0 Å². The Kier molecular flexibility index (Phi) is 5.09. The van der Waals surface area contributed by atoms with Crippen LogP contribution in [0.2, 0.25) is 0 Å². The number of benzene rings is 1. The van der Waals surface area contributed by atoms with Gasteiger partial charge in [0, 0.05) is 31.8 Å². The highest BCUT2D eigenvalue weighted by Crippen LogP contribution is 2.57. The second kappa shape index (κ2) is 7.44. The van der Waals surface area contributed by atoms with Gasteiger partial charge in [0.1, 0.15) is 6.17 Å². The summed E-state index contributed by atoms with van der Waals surface area (Å²) in [5, 5.41) is 3.67. The fraction of sp³-hybridized carbons (Fsp3) is 0.696. The van der Waals surface area contributed by atoms with Gasteiger partial charge in [-0.15, -0.1) is 0 Å². The van der Waals surface area contributed by atoms with Gasteiger partial charge in [-0.3, -0.25) is 4.79 Å². The van der Waals surface area contributed by atoms with E-state index < -0.39 is 29.4 Å². The Labute approximate surface area is 179 Å². The molecule has 1 aromatic carbocycles. The van der Waals surface area contributed by atoms with Crippen molar-refractivity contribution in [1.82, 2.24) is 10.2 Å². The highest BCUT2D eigenvalue weighted by Gasteiger charge is 2.62. The third-order valence-electron chi connectivity index (χ3n) is 8.08. The molecule has 1 saturated carbocycles. The van der Waals surface area contributed by atoms with Gasteiger partial charge in [0.05, 0.1) is 17.0 Å². The molecule has 0 radical (unpaired) electrons. The highest BCUT2D eigenvalue weighted by atomic mass is 19.4. The van der Waals surface area contributed by atoms with Crippen molar-refractivity contribution in [3.8, 4) is 0 Å². The molecule has 3 aliphatic heterocycles. The summed E-state index contributed by atoms with van der Waals surface area (Å²) in [6.45, 7) is 3.47. The van der Waals surface area contributed by atoms with Gasteiger partial charge in [-0.1, -0.05) is 13.0 Å². The second-order valence-electron chi connectivity index (χ2n) is 9.67. The maximum Gasteiger partial charge on any atom is 0.416 e. The quantitative estimate of drug-likeness (QED) is 0.694. The van der Waals surface area contributed by atoms with Crippen LogP contribution in [0.1, 0.15) is 61.9 Å². The summed E-state index contributed by atoms with van der Waals surface area (Å²) in [7, 11) is 0. The van der Waals surface area contributed by atoms with Crippen LogP contribution >= 0.6 is 0 Å². The molecule has 2 unspecified atom stereocenters. The number of hydrogen-bond acceptors (Lipinski definition) is 3. The summed E-state index contributed by atoms with van der Waals surface area (Å²) >= 11 is 0. The lowest BCUT2D eigenvalue weighted by Gasteiger charge is -2.36. The second-order valence-corrected chi connectivity index (χ2v) is 9.67. The number of carbonyl (C=O) groups is 1. The number of hydrogen-bond donors (Lipinski definition) is 1. The number of halogens is 4. The number of ether oxygens (including phenoxy) is 1. The predicted octanol–water partition coefficient (Wildman–Crippen LogP) is 4.38. The van der Waals surface area contributed by atoms with E-state index in [4.69, 9.17) is 4.74 Å². The van der Waals surface area contributed by atoms with Crippen LogP contribution in [0.5, 0.6) is 0 Å². The molecular weight excluding hydrogens is 412 g/mol. The lowest BCUT2D eigenvalue weighted by molar-refractivity contribution is -0.138. The molecule has 5 rings (SSSR count). The van der Waals surface area contributed by atoms with E-state index in [1.165, 1.54) is 11.0 Å². The Morgan fingerprint density at radius 2 is 1.90 bits per heavy atom. The summed E-state index contributed by atoms with van der Waals surface area (Å²) in [5.74, 6) is -0.279. The average Bonchev–Trinajstić information content (AvgIpc) is 3.24. The molecule has 8 heteroatoms. The lowest BCUT2D eigenvalue weighted by atomic mass is 9.72. The number of alkyl halides is 4.